The number of benzene rings is 1. The number of hydrogen-bond donors (Lipinski definition) is 0. The minimum Gasteiger partial charge on any atom is -0.493 e. The number of halogens is 2. The predicted molar refractivity (Wildman–Crippen MR) is 54.2 cm³/mol. The fourth-order valence-corrected chi connectivity index (χ4v) is 1.15. The molecule has 0 aliphatic carbocycles. The van der Waals surface area contributed by atoms with E-state index in [2.05, 4.69) is 0 Å². The lowest BCUT2D eigenvalue weighted by molar-refractivity contribution is 0.313. The Morgan fingerprint density at radius 1 is 1.31 bits per heavy atom. The highest BCUT2D eigenvalue weighted by Gasteiger charge is 2.03. The molecule has 1 aromatic carbocycles. The molecule has 0 unspecified atom stereocenters. The van der Waals surface area contributed by atoms with Gasteiger partial charge in [0.25, 0.3) is 0 Å². The summed E-state index contributed by atoms with van der Waals surface area (Å²) in [5.41, 5.74) is 0. The third-order valence-corrected chi connectivity index (χ3v) is 1.85. The van der Waals surface area contributed by atoms with Crippen molar-refractivity contribution in [2.24, 2.45) is 0 Å². The standard InChI is InChI=1S/C9H10Cl2O2/c1-12-8-3-2-7(11)6-9(8)13-5-4-10/h2-3,6H,4-5H2,1H3. The zero-order valence-corrected chi connectivity index (χ0v) is 8.73. The van der Waals surface area contributed by atoms with Crippen LogP contribution in [0.1, 0.15) is 0 Å². The second kappa shape index (κ2) is 5.20. The number of alkyl halides is 1. The van der Waals surface area contributed by atoms with Crippen LogP contribution in [0.25, 0.3) is 0 Å². The molecule has 0 heterocycles. The van der Waals surface area contributed by atoms with E-state index in [1.165, 1.54) is 0 Å². The monoisotopic (exact) mass is 220 g/mol. The van der Waals surface area contributed by atoms with E-state index < -0.39 is 0 Å². The third-order valence-electron chi connectivity index (χ3n) is 1.46. The maximum atomic E-state index is 5.78. The molecule has 0 fully saturated rings. The van der Waals surface area contributed by atoms with E-state index in [0.717, 1.165) is 0 Å². The van der Waals surface area contributed by atoms with Gasteiger partial charge in [-0.2, -0.15) is 0 Å². The molecular formula is C9H10Cl2O2. The van der Waals surface area contributed by atoms with E-state index in [1.807, 2.05) is 0 Å². The van der Waals surface area contributed by atoms with Crippen molar-refractivity contribution in [1.29, 1.82) is 0 Å². The van der Waals surface area contributed by atoms with Crippen LogP contribution in [0.4, 0.5) is 0 Å². The van der Waals surface area contributed by atoms with E-state index in [9.17, 15) is 0 Å². The maximum absolute atomic E-state index is 5.78. The number of rotatable bonds is 4. The van der Waals surface area contributed by atoms with Crippen molar-refractivity contribution in [3.8, 4) is 11.5 Å². The fraction of sp³-hybridized carbons (Fsp3) is 0.333. The summed E-state index contributed by atoms with van der Waals surface area (Å²) in [6, 6.07) is 5.20. The molecule has 0 bridgehead atoms. The van der Waals surface area contributed by atoms with Gasteiger partial charge in [-0.3, -0.25) is 0 Å². The van der Waals surface area contributed by atoms with Crippen LogP contribution in [0.3, 0.4) is 0 Å². The second-order valence-electron chi connectivity index (χ2n) is 2.33. The quantitative estimate of drug-likeness (QED) is 0.727. The minimum absolute atomic E-state index is 0.440. The van der Waals surface area contributed by atoms with Gasteiger partial charge in [0, 0.05) is 11.1 Å². The SMILES string of the molecule is COc1ccc(Cl)cc1OCCCl. The first-order chi connectivity index (χ1) is 6.27. The summed E-state index contributed by atoms with van der Waals surface area (Å²) in [6.45, 7) is 0.443. The molecule has 0 aromatic heterocycles. The lowest BCUT2D eigenvalue weighted by Gasteiger charge is -2.09. The molecule has 0 spiro atoms. The Hall–Kier alpha value is -0.600. The highest BCUT2D eigenvalue weighted by molar-refractivity contribution is 6.30. The summed E-state index contributed by atoms with van der Waals surface area (Å²) >= 11 is 11.3. The second-order valence-corrected chi connectivity index (χ2v) is 3.15. The molecule has 0 aliphatic heterocycles. The first-order valence-electron chi connectivity index (χ1n) is 3.80. The van der Waals surface area contributed by atoms with Gasteiger partial charge in [-0.05, 0) is 12.1 Å². The highest BCUT2D eigenvalue weighted by Crippen LogP contribution is 2.29. The van der Waals surface area contributed by atoms with Gasteiger partial charge in [0.2, 0.25) is 0 Å². The van der Waals surface area contributed by atoms with Crippen molar-refractivity contribution in [3.05, 3.63) is 23.2 Å². The summed E-state index contributed by atoms with van der Waals surface area (Å²) in [4.78, 5) is 0. The first kappa shape index (κ1) is 10.5. The van der Waals surface area contributed by atoms with E-state index in [0.29, 0.717) is 29.0 Å². The summed E-state index contributed by atoms with van der Waals surface area (Å²) in [7, 11) is 1.58. The normalized spacial score (nSPS) is 9.77. The van der Waals surface area contributed by atoms with Gasteiger partial charge in [0.1, 0.15) is 6.61 Å². The van der Waals surface area contributed by atoms with Crippen molar-refractivity contribution in [3.63, 3.8) is 0 Å². The van der Waals surface area contributed by atoms with E-state index in [-0.39, 0.29) is 0 Å². The number of methoxy groups -OCH3 is 1. The average molecular weight is 221 g/mol. The van der Waals surface area contributed by atoms with Crippen molar-refractivity contribution >= 4 is 23.2 Å². The number of hydrogen-bond acceptors (Lipinski definition) is 2. The van der Waals surface area contributed by atoms with Gasteiger partial charge in [0.15, 0.2) is 11.5 Å². The Kier molecular flexibility index (Phi) is 4.19. The molecule has 0 amide bonds. The van der Waals surface area contributed by atoms with E-state index in [4.69, 9.17) is 32.7 Å². The molecule has 13 heavy (non-hydrogen) atoms. The Bertz CT molecular complexity index is 276. The fourth-order valence-electron chi connectivity index (χ4n) is 0.912. The lowest BCUT2D eigenvalue weighted by atomic mass is 10.3. The summed E-state index contributed by atoms with van der Waals surface area (Å²) in [6.07, 6.45) is 0. The van der Waals surface area contributed by atoms with Crippen LogP contribution in [-0.2, 0) is 0 Å². The van der Waals surface area contributed by atoms with Crippen molar-refractivity contribution < 1.29 is 9.47 Å². The van der Waals surface area contributed by atoms with Gasteiger partial charge >= 0.3 is 0 Å². The van der Waals surface area contributed by atoms with E-state index in [1.54, 1.807) is 25.3 Å². The molecule has 1 rings (SSSR count). The maximum Gasteiger partial charge on any atom is 0.162 e. The molecule has 0 aliphatic rings. The average Bonchev–Trinajstić information content (AvgIpc) is 2.15. The smallest absolute Gasteiger partial charge is 0.162 e. The highest BCUT2D eigenvalue weighted by atomic mass is 35.5. The zero-order valence-electron chi connectivity index (χ0n) is 7.22. The van der Waals surface area contributed by atoms with Crippen molar-refractivity contribution in [1.82, 2.24) is 0 Å². The van der Waals surface area contributed by atoms with Gasteiger partial charge < -0.3 is 9.47 Å². The minimum atomic E-state index is 0.440. The Labute approximate surface area is 87.4 Å². The van der Waals surface area contributed by atoms with Crippen LogP contribution in [0, 0.1) is 0 Å². The topological polar surface area (TPSA) is 18.5 Å². The molecule has 0 saturated heterocycles. The van der Waals surface area contributed by atoms with Gasteiger partial charge in [-0.1, -0.05) is 11.6 Å². The van der Waals surface area contributed by atoms with Crippen molar-refractivity contribution in [2.75, 3.05) is 19.6 Å². The Balaban J connectivity index is 2.81. The predicted octanol–water partition coefficient (Wildman–Crippen LogP) is 2.97. The molecule has 0 radical (unpaired) electrons. The molecule has 0 N–H and O–H groups in total. The van der Waals surface area contributed by atoms with Crippen LogP contribution >= 0.6 is 23.2 Å². The van der Waals surface area contributed by atoms with Crippen LogP contribution in [-0.4, -0.2) is 19.6 Å². The van der Waals surface area contributed by atoms with Crippen LogP contribution in [0.5, 0.6) is 11.5 Å². The molecule has 0 saturated carbocycles. The largest absolute Gasteiger partial charge is 0.493 e. The van der Waals surface area contributed by atoms with Gasteiger partial charge in [0.05, 0.1) is 13.0 Å². The van der Waals surface area contributed by atoms with Crippen LogP contribution in [0.2, 0.25) is 5.02 Å². The van der Waals surface area contributed by atoms with Crippen LogP contribution in [0.15, 0.2) is 18.2 Å². The van der Waals surface area contributed by atoms with Gasteiger partial charge in [-0.15, -0.1) is 11.6 Å². The van der Waals surface area contributed by atoms with Gasteiger partial charge in [-0.25, -0.2) is 0 Å². The molecule has 4 heteroatoms. The van der Waals surface area contributed by atoms with E-state index >= 15 is 0 Å². The summed E-state index contributed by atoms with van der Waals surface area (Å²) in [5.74, 6) is 1.72. The molecular weight excluding hydrogens is 211 g/mol. The summed E-state index contributed by atoms with van der Waals surface area (Å²) < 4.78 is 10.4. The lowest BCUT2D eigenvalue weighted by Crippen LogP contribution is -1.99. The zero-order chi connectivity index (χ0) is 9.68. The molecule has 2 nitrogen and oxygen atoms in total. The molecule has 0 atom stereocenters. The third kappa shape index (κ3) is 2.98. The van der Waals surface area contributed by atoms with Crippen molar-refractivity contribution in [2.45, 2.75) is 0 Å². The molecule has 1 aromatic rings. The summed E-state index contributed by atoms with van der Waals surface area (Å²) in [5, 5.41) is 0.616. The number of ether oxygens (including phenoxy) is 2. The Morgan fingerprint density at radius 2 is 2.08 bits per heavy atom. The first-order valence-corrected chi connectivity index (χ1v) is 4.71. The van der Waals surface area contributed by atoms with Crippen LogP contribution < -0.4 is 9.47 Å². The Morgan fingerprint density at radius 3 is 2.69 bits per heavy atom. The molecule has 72 valence electrons.